The molecule has 1 aromatic carbocycles. The Morgan fingerprint density at radius 2 is 2.00 bits per heavy atom. The molecular formula is C18H21N3O3. The molecule has 3 amide bonds. The lowest BCUT2D eigenvalue weighted by atomic mass is 9.93. The molecule has 2 N–H and O–H groups in total. The summed E-state index contributed by atoms with van der Waals surface area (Å²) in [7, 11) is 0. The van der Waals surface area contributed by atoms with E-state index in [2.05, 4.69) is 0 Å². The first-order chi connectivity index (χ1) is 11.5. The number of nitrogens with two attached hydrogens (primary N) is 1. The Bertz CT molecular complexity index is 713. The zero-order valence-electron chi connectivity index (χ0n) is 13.6. The number of primary amides is 1. The second kappa shape index (κ2) is 6.47. The van der Waals surface area contributed by atoms with Crippen molar-refractivity contribution in [1.29, 1.82) is 0 Å². The summed E-state index contributed by atoms with van der Waals surface area (Å²) >= 11 is 0. The summed E-state index contributed by atoms with van der Waals surface area (Å²) in [5.74, 6) is -0.725. The van der Waals surface area contributed by atoms with E-state index >= 15 is 0 Å². The number of amides is 3. The van der Waals surface area contributed by atoms with Gasteiger partial charge in [-0.25, -0.2) is 0 Å². The van der Waals surface area contributed by atoms with Crippen LogP contribution in [0.4, 0.5) is 0 Å². The van der Waals surface area contributed by atoms with Crippen molar-refractivity contribution >= 4 is 23.8 Å². The van der Waals surface area contributed by atoms with Crippen molar-refractivity contribution in [2.24, 2.45) is 5.73 Å². The first kappa shape index (κ1) is 16.2. The SMILES string of the molecule is CC(=O)N1C=Cc2ccccc2C1CC(=O)N1CCCC1C(N)=O. The average molecular weight is 327 g/mol. The van der Waals surface area contributed by atoms with Crippen LogP contribution in [-0.2, 0) is 14.4 Å². The highest BCUT2D eigenvalue weighted by Gasteiger charge is 2.36. The van der Waals surface area contributed by atoms with Crippen molar-refractivity contribution in [1.82, 2.24) is 9.80 Å². The number of benzene rings is 1. The van der Waals surface area contributed by atoms with Crippen molar-refractivity contribution in [3.05, 3.63) is 41.6 Å². The highest BCUT2D eigenvalue weighted by atomic mass is 16.2. The molecule has 2 heterocycles. The van der Waals surface area contributed by atoms with E-state index in [0.717, 1.165) is 17.5 Å². The Kier molecular flexibility index (Phi) is 4.38. The van der Waals surface area contributed by atoms with Gasteiger partial charge in [-0.3, -0.25) is 14.4 Å². The van der Waals surface area contributed by atoms with Crippen LogP contribution in [0.25, 0.3) is 6.08 Å². The molecule has 0 aromatic heterocycles. The van der Waals surface area contributed by atoms with Gasteiger partial charge in [0.05, 0.1) is 12.5 Å². The van der Waals surface area contributed by atoms with E-state index in [0.29, 0.717) is 13.0 Å². The quantitative estimate of drug-likeness (QED) is 0.911. The number of fused-ring (bicyclic) bond motifs is 1. The van der Waals surface area contributed by atoms with Crippen LogP contribution in [-0.4, -0.2) is 40.1 Å². The zero-order valence-corrected chi connectivity index (χ0v) is 13.6. The van der Waals surface area contributed by atoms with Crippen molar-refractivity contribution < 1.29 is 14.4 Å². The molecule has 1 fully saturated rings. The molecule has 6 nitrogen and oxygen atoms in total. The number of hydrogen-bond acceptors (Lipinski definition) is 3. The Labute approximate surface area is 140 Å². The molecule has 2 atom stereocenters. The highest BCUT2D eigenvalue weighted by molar-refractivity contribution is 5.88. The standard InChI is InChI=1S/C18H21N3O3/c1-12(22)20-10-8-13-5-2-3-6-14(13)16(20)11-17(23)21-9-4-7-15(21)18(19)24/h2-3,5-6,8,10,15-16H,4,7,9,11H2,1H3,(H2,19,24). The molecule has 0 spiro atoms. The zero-order chi connectivity index (χ0) is 17.3. The lowest BCUT2D eigenvalue weighted by Crippen LogP contribution is -2.45. The number of likely N-dealkylation sites (tertiary alicyclic amines) is 1. The summed E-state index contributed by atoms with van der Waals surface area (Å²) < 4.78 is 0. The number of nitrogens with zero attached hydrogens (tertiary/aromatic N) is 2. The monoisotopic (exact) mass is 327 g/mol. The fourth-order valence-corrected chi connectivity index (χ4v) is 3.56. The van der Waals surface area contributed by atoms with Crippen LogP contribution in [0.5, 0.6) is 0 Å². The van der Waals surface area contributed by atoms with Gasteiger partial charge in [0.2, 0.25) is 17.7 Å². The molecule has 3 rings (SSSR count). The Hall–Kier alpha value is -2.63. The van der Waals surface area contributed by atoms with E-state index in [4.69, 9.17) is 5.73 Å². The van der Waals surface area contributed by atoms with Crippen molar-refractivity contribution in [3.8, 4) is 0 Å². The summed E-state index contributed by atoms with van der Waals surface area (Å²) in [5, 5.41) is 0. The maximum Gasteiger partial charge on any atom is 0.240 e. The van der Waals surface area contributed by atoms with E-state index in [1.54, 1.807) is 16.0 Å². The predicted octanol–water partition coefficient (Wildman–Crippen LogP) is 1.43. The largest absolute Gasteiger partial charge is 0.368 e. The third-order valence-electron chi connectivity index (χ3n) is 4.74. The van der Waals surface area contributed by atoms with Crippen LogP contribution in [0.15, 0.2) is 30.5 Å². The summed E-state index contributed by atoms with van der Waals surface area (Å²) in [6.45, 7) is 2.02. The number of carbonyl (C=O) groups excluding carboxylic acids is 3. The fourth-order valence-electron chi connectivity index (χ4n) is 3.56. The normalized spacial score (nSPS) is 22.4. The van der Waals surface area contributed by atoms with Crippen molar-refractivity contribution in [3.63, 3.8) is 0 Å². The molecule has 24 heavy (non-hydrogen) atoms. The Balaban J connectivity index is 1.86. The van der Waals surface area contributed by atoms with Crippen LogP contribution >= 0.6 is 0 Å². The average Bonchev–Trinajstić information content (AvgIpc) is 3.04. The van der Waals surface area contributed by atoms with Gasteiger partial charge in [-0.05, 0) is 30.0 Å². The van der Waals surface area contributed by atoms with Crippen LogP contribution in [0.2, 0.25) is 0 Å². The lowest BCUT2D eigenvalue weighted by molar-refractivity contribution is -0.139. The van der Waals surface area contributed by atoms with Crippen molar-refractivity contribution in [2.75, 3.05) is 6.54 Å². The summed E-state index contributed by atoms with van der Waals surface area (Å²) in [5.41, 5.74) is 7.35. The molecule has 0 aliphatic carbocycles. The number of rotatable bonds is 3. The van der Waals surface area contributed by atoms with Crippen LogP contribution in [0, 0.1) is 0 Å². The van der Waals surface area contributed by atoms with Crippen LogP contribution in [0.3, 0.4) is 0 Å². The number of hydrogen-bond donors (Lipinski definition) is 1. The van der Waals surface area contributed by atoms with E-state index in [1.165, 1.54) is 6.92 Å². The molecule has 2 aliphatic heterocycles. The minimum atomic E-state index is -0.530. The third kappa shape index (κ3) is 2.91. The van der Waals surface area contributed by atoms with Gasteiger partial charge >= 0.3 is 0 Å². The maximum atomic E-state index is 12.8. The minimum absolute atomic E-state index is 0.119. The third-order valence-corrected chi connectivity index (χ3v) is 4.74. The smallest absolute Gasteiger partial charge is 0.240 e. The molecule has 0 saturated carbocycles. The van der Waals surface area contributed by atoms with Gasteiger partial charge in [-0.15, -0.1) is 0 Å². The van der Waals surface area contributed by atoms with Gasteiger partial charge in [0.25, 0.3) is 0 Å². The van der Waals surface area contributed by atoms with Gasteiger partial charge < -0.3 is 15.5 Å². The predicted molar refractivity (Wildman–Crippen MR) is 89.3 cm³/mol. The summed E-state index contributed by atoms with van der Waals surface area (Å²) in [6.07, 6.45) is 5.12. The molecule has 6 heteroatoms. The second-order valence-electron chi connectivity index (χ2n) is 6.24. The molecule has 2 aliphatic rings. The molecule has 2 unspecified atom stereocenters. The highest BCUT2D eigenvalue weighted by Crippen LogP contribution is 2.34. The van der Waals surface area contributed by atoms with Crippen LogP contribution < -0.4 is 5.73 Å². The Morgan fingerprint density at radius 3 is 2.71 bits per heavy atom. The molecule has 126 valence electrons. The molecule has 0 bridgehead atoms. The minimum Gasteiger partial charge on any atom is -0.368 e. The topological polar surface area (TPSA) is 83.7 Å². The molecule has 1 aromatic rings. The Morgan fingerprint density at radius 1 is 1.25 bits per heavy atom. The van der Waals surface area contributed by atoms with Gasteiger partial charge in [0, 0.05) is 19.7 Å². The summed E-state index contributed by atoms with van der Waals surface area (Å²) in [4.78, 5) is 39.4. The molecular weight excluding hydrogens is 306 g/mol. The van der Waals surface area contributed by atoms with E-state index < -0.39 is 11.9 Å². The van der Waals surface area contributed by atoms with Crippen molar-refractivity contribution in [2.45, 2.75) is 38.3 Å². The van der Waals surface area contributed by atoms with Gasteiger partial charge in [-0.2, -0.15) is 0 Å². The maximum absolute atomic E-state index is 12.8. The molecule has 1 saturated heterocycles. The van der Waals surface area contributed by atoms with E-state index in [-0.39, 0.29) is 24.3 Å². The summed E-state index contributed by atoms with van der Waals surface area (Å²) in [6, 6.07) is 6.83. The van der Waals surface area contributed by atoms with Gasteiger partial charge in [-0.1, -0.05) is 24.3 Å². The van der Waals surface area contributed by atoms with Crippen LogP contribution in [0.1, 0.15) is 43.4 Å². The second-order valence-corrected chi connectivity index (χ2v) is 6.24. The van der Waals surface area contributed by atoms with E-state index in [1.807, 2.05) is 30.3 Å². The first-order valence-electron chi connectivity index (χ1n) is 8.14. The van der Waals surface area contributed by atoms with Gasteiger partial charge in [0.15, 0.2) is 0 Å². The first-order valence-corrected chi connectivity index (χ1v) is 8.14. The van der Waals surface area contributed by atoms with Gasteiger partial charge in [0.1, 0.15) is 6.04 Å². The fraction of sp³-hybridized carbons (Fsp3) is 0.389. The number of carbonyl (C=O) groups is 3. The van der Waals surface area contributed by atoms with E-state index in [9.17, 15) is 14.4 Å². The lowest BCUT2D eigenvalue weighted by Gasteiger charge is -2.34. The molecule has 0 radical (unpaired) electrons.